The Bertz CT molecular complexity index is 3550. The molecule has 0 saturated carbocycles. The maximum atomic E-state index is 7.12. The molecule has 7 aromatic carbocycles. The summed E-state index contributed by atoms with van der Waals surface area (Å²) in [5.41, 5.74) is 29.6. The quantitative estimate of drug-likeness (QED) is 0.163. The van der Waals surface area contributed by atoms with Crippen molar-refractivity contribution in [2.45, 2.75) is 68.2 Å². The Morgan fingerprint density at radius 3 is 1.56 bits per heavy atom. The van der Waals surface area contributed by atoms with Crippen molar-refractivity contribution in [2.24, 2.45) is 0 Å². The zero-order valence-electron chi connectivity index (χ0n) is 36.7. The Morgan fingerprint density at radius 1 is 0.468 bits per heavy atom. The lowest BCUT2D eigenvalue weighted by Gasteiger charge is -2.51. The van der Waals surface area contributed by atoms with Crippen LogP contribution in [0.2, 0.25) is 0 Å². The molecule has 0 radical (unpaired) electrons. The van der Waals surface area contributed by atoms with Gasteiger partial charge in [-0.3, -0.25) is 0 Å². The fourth-order valence-corrected chi connectivity index (χ4v) is 12.5. The maximum Gasteiger partial charge on any atom is 0.252 e. The maximum absolute atomic E-state index is 7.12. The van der Waals surface area contributed by atoms with Crippen molar-refractivity contribution in [3.63, 3.8) is 0 Å². The minimum absolute atomic E-state index is 0.0200. The second kappa shape index (κ2) is 12.5. The first kappa shape index (κ1) is 36.0. The minimum atomic E-state index is -0.0488. The van der Waals surface area contributed by atoms with Crippen LogP contribution in [0.4, 0.5) is 22.7 Å². The molecule has 0 saturated heterocycles. The van der Waals surface area contributed by atoms with Crippen molar-refractivity contribution in [3.05, 3.63) is 171 Å². The van der Waals surface area contributed by atoms with E-state index in [0.717, 1.165) is 35.2 Å². The molecule has 0 N–H and O–H groups in total. The number of furan rings is 2. The summed E-state index contributed by atoms with van der Waals surface area (Å²) in [5, 5.41) is 4.69. The first-order valence-corrected chi connectivity index (χ1v) is 22.3. The predicted octanol–water partition coefficient (Wildman–Crippen LogP) is 11.2. The van der Waals surface area contributed by atoms with Gasteiger partial charge in [-0.15, -0.1) is 0 Å². The lowest BCUT2D eigenvalue weighted by atomic mass is 9.31. The largest absolute Gasteiger partial charge is 0.457 e. The highest BCUT2D eigenvalue weighted by Gasteiger charge is 2.50. The van der Waals surface area contributed by atoms with E-state index in [-0.39, 0.29) is 13.4 Å². The van der Waals surface area contributed by atoms with Gasteiger partial charge in [0.1, 0.15) is 22.3 Å². The molecule has 4 nitrogen and oxygen atoms in total. The average molecular weight is 801 g/mol. The number of fused-ring (bicyclic) bond motifs is 14. The molecule has 9 aromatic rings. The second-order valence-corrected chi connectivity index (χ2v) is 18.8. The molecule has 62 heavy (non-hydrogen) atoms. The van der Waals surface area contributed by atoms with E-state index in [1.165, 1.54) is 133 Å². The van der Waals surface area contributed by atoms with Gasteiger partial charge in [-0.25, -0.2) is 0 Å². The van der Waals surface area contributed by atoms with Crippen LogP contribution in [0.3, 0.4) is 0 Å². The van der Waals surface area contributed by atoms with Crippen LogP contribution in [-0.2, 0) is 0 Å². The number of rotatable bonds is 2. The van der Waals surface area contributed by atoms with Crippen molar-refractivity contribution >= 4 is 107 Å². The fourth-order valence-electron chi connectivity index (χ4n) is 12.5. The van der Waals surface area contributed by atoms with Crippen LogP contribution >= 0.6 is 0 Å². The van der Waals surface area contributed by atoms with E-state index >= 15 is 0 Å². The molecular formula is C56H46B2N2O2. The smallest absolute Gasteiger partial charge is 0.252 e. The predicted molar refractivity (Wildman–Crippen MR) is 263 cm³/mol. The first-order valence-electron chi connectivity index (χ1n) is 22.3. The molecule has 4 aliphatic rings. The molecule has 5 heterocycles. The summed E-state index contributed by atoms with van der Waals surface area (Å²) in [4.78, 5) is 5.25. The Balaban J connectivity index is 1.17. The van der Waals surface area contributed by atoms with Gasteiger partial charge in [0.15, 0.2) is 0 Å². The summed E-state index contributed by atoms with van der Waals surface area (Å²) in [5.74, 6) is 0. The SMILES string of the molecule is Cc1cc(C)c(B2C3=C4C(=CCC3)N3c5ccc6c(oc7cc(C)ccc76)c5B(c5c(C)cc(C)cc5C)c5cccc(c53)N4c3ccc4c(oc5cc(C)ccc54)c32)c(C)c1. The molecule has 0 atom stereocenters. The highest BCUT2D eigenvalue weighted by Crippen LogP contribution is 2.55. The molecule has 298 valence electrons. The topological polar surface area (TPSA) is 32.8 Å². The van der Waals surface area contributed by atoms with Gasteiger partial charge in [-0.2, -0.15) is 0 Å². The van der Waals surface area contributed by atoms with Gasteiger partial charge in [0.25, 0.3) is 6.71 Å². The van der Waals surface area contributed by atoms with Crippen LogP contribution < -0.4 is 37.1 Å². The van der Waals surface area contributed by atoms with Crippen LogP contribution in [-0.4, -0.2) is 13.4 Å². The Labute approximate surface area is 363 Å². The van der Waals surface area contributed by atoms with Gasteiger partial charge >= 0.3 is 0 Å². The Kier molecular flexibility index (Phi) is 7.25. The summed E-state index contributed by atoms with van der Waals surface area (Å²) in [6.45, 7) is 17.9. The van der Waals surface area contributed by atoms with E-state index in [4.69, 9.17) is 8.83 Å². The van der Waals surface area contributed by atoms with E-state index < -0.39 is 0 Å². The van der Waals surface area contributed by atoms with Crippen LogP contribution in [0, 0.1) is 55.4 Å². The molecule has 0 bridgehead atoms. The molecule has 0 amide bonds. The summed E-state index contributed by atoms with van der Waals surface area (Å²) >= 11 is 0. The van der Waals surface area contributed by atoms with E-state index in [0.29, 0.717) is 0 Å². The number of para-hydroxylation sites is 1. The van der Waals surface area contributed by atoms with Crippen molar-refractivity contribution < 1.29 is 8.83 Å². The van der Waals surface area contributed by atoms with E-state index in [9.17, 15) is 0 Å². The average Bonchev–Trinajstić information content (AvgIpc) is 3.79. The third-order valence-corrected chi connectivity index (χ3v) is 14.7. The number of anilines is 4. The number of aryl methyl sites for hydroxylation is 8. The fraction of sp³-hybridized carbons (Fsp3) is 0.179. The Hall–Kier alpha value is -6.65. The number of hydrogen-bond donors (Lipinski definition) is 0. The van der Waals surface area contributed by atoms with Crippen molar-refractivity contribution in [3.8, 4) is 0 Å². The monoisotopic (exact) mass is 800 g/mol. The minimum Gasteiger partial charge on any atom is -0.457 e. The van der Waals surface area contributed by atoms with Gasteiger partial charge in [-0.1, -0.05) is 117 Å². The molecule has 0 fully saturated rings. The van der Waals surface area contributed by atoms with Gasteiger partial charge in [0.05, 0.1) is 22.8 Å². The van der Waals surface area contributed by atoms with Crippen molar-refractivity contribution in [1.82, 2.24) is 0 Å². The highest BCUT2D eigenvalue weighted by atomic mass is 16.3. The summed E-state index contributed by atoms with van der Waals surface area (Å²) in [6.07, 6.45) is 4.43. The van der Waals surface area contributed by atoms with Crippen LogP contribution in [0.5, 0.6) is 0 Å². The number of allylic oxidation sites excluding steroid dienone is 2. The first-order chi connectivity index (χ1) is 30.0. The van der Waals surface area contributed by atoms with E-state index in [1.54, 1.807) is 0 Å². The van der Waals surface area contributed by atoms with Gasteiger partial charge in [0, 0.05) is 32.9 Å². The molecule has 13 rings (SSSR count). The standard InChI is InChI=1S/C56H46B2N2O2/c1-29-15-17-37-39-19-21-43-51(55(39)61-47(37)27-29)57(49-33(5)23-31(3)24-34(49)6)41-11-9-14-46-53(41)59(43)45-13-10-12-42-54(45)60(46)44-22-20-40-38-18-16-30(2)28-48(38)62-56(40)52(44)58(42)50-35(7)25-32(4)26-36(50)8/h9,11,13-28H,10,12H2,1-8H3. The van der Waals surface area contributed by atoms with Crippen molar-refractivity contribution in [2.75, 3.05) is 9.80 Å². The van der Waals surface area contributed by atoms with Gasteiger partial charge < -0.3 is 18.6 Å². The summed E-state index contributed by atoms with van der Waals surface area (Å²) in [7, 11) is 0. The van der Waals surface area contributed by atoms with Crippen LogP contribution in [0.25, 0.3) is 43.9 Å². The zero-order valence-corrected chi connectivity index (χ0v) is 36.7. The van der Waals surface area contributed by atoms with Crippen LogP contribution in [0.1, 0.15) is 57.3 Å². The van der Waals surface area contributed by atoms with Gasteiger partial charge in [-0.05, 0) is 138 Å². The third kappa shape index (κ3) is 4.65. The van der Waals surface area contributed by atoms with E-state index in [1.807, 2.05) is 0 Å². The number of nitrogens with zero attached hydrogens (tertiary/aromatic N) is 2. The number of benzene rings is 7. The highest BCUT2D eigenvalue weighted by molar-refractivity contribution is 7.00. The summed E-state index contributed by atoms with van der Waals surface area (Å²) < 4.78 is 14.2. The lowest BCUT2D eigenvalue weighted by molar-refractivity contribution is 0.670. The molecule has 0 unspecified atom stereocenters. The molecular weight excluding hydrogens is 754 g/mol. The second-order valence-electron chi connectivity index (χ2n) is 18.8. The molecule has 6 heteroatoms. The lowest BCUT2D eigenvalue weighted by Crippen LogP contribution is -2.61. The van der Waals surface area contributed by atoms with Crippen LogP contribution in [0.15, 0.2) is 135 Å². The third-order valence-electron chi connectivity index (χ3n) is 14.7. The Morgan fingerprint density at radius 2 is 0.984 bits per heavy atom. The zero-order chi connectivity index (χ0) is 42.0. The van der Waals surface area contributed by atoms with Gasteiger partial charge in [0.2, 0.25) is 6.71 Å². The normalized spacial score (nSPS) is 15.2. The van der Waals surface area contributed by atoms with Crippen molar-refractivity contribution in [1.29, 1.82) is 0 Å². The molecule has 2 aromatic heterocycles. The summed E-state index contributed by atoms with van der Waals surface area (Å²) in [6, 6.07) is 39.2. The molecule has 3 aliphatic heterocycles. The molecule has 1 aliphatic carbocycles. The van der Waals surface area contributed by atoms with E-state index in [2.05, 4.69) is 174 Å². The number of hydrogen-bond acceptors (Lipinski definition) is 4. The molecule has 0 spiro atoms.